The zero-order chi connectivity index (χ0) is 8.27. The summed E-state index contributed by atoms with van der Waals surface area (Å²) in [5, 5.41) is 1.06. The number of rotatable bonds is 2. The second-order valence-electron chi connectivity index (χ2n) is 3.10. The van der Waals surface area contributed by atoms with Crippen LogP contribution in [-0.2, 0) is 4.79 Å². The summed E-state index contributed by atoms with van der Waals surface area (Å²) in [4.78, 5) is 12.8. The normalized spacial score (nSPS) is 24.2. The highest BCUT2D eigenvalue weighted by Gasteiger charge is 2.22. The molecule has 1 unspecified atom stereocenters. The largest absolute Gasteiger partial charge is 0.343 e. The number of likely N-dealkylation sites (tertiary alicyclic amines) is 1. The SMILES string of the molecule is CC(=O)N1CCC(CCBr)C1. The second-order valence-corrected chi connectivity index (χ2v) is 3.89. The van der Waals surface area contributed by atoms with Crippen molar-refractivity contribution in [3.63, 3.8) is 0 Å². The molecule has 11 heavy (non-hydrogen) atoms. The van der Waals surface area contributed by atoms with Crippen molar-refractivity contribution in [2.24, 2.45) is 5.92 Å². The average molecular weight is 220 g/mol. The Morgan fingerprint density at radius 3 is 2.91 bits per heavy atom. The first kappa shape index (κ1) is 9.04. The van der Waals surface area contributed by atoms with Gasteiger partial charge in [0.15, 0.2) is 0 Å². The van der Waals surface area contributed by atoms with Crippen molar-refractivity contribution in [1.29, 1.82) is 0 Å². The second kappa shape index (κ2) is 4.10. The number of nitrogens with zero attached hydrogens (tertiary/aromatic N) is 1. The topological polar surface area (TPSA) is 20.3 Å². The molecule has 0 aromatic heterocycles. The van der Waals surface area contributed by atoms with E-state index >= 15 is 0 Å². The lowest BCUT2D eigenvalue weighted by Crippen LogP contribution is -2.25. The van der Waals surface area contributed by atoms with Gasteiger partial charge in [-0.05, 0) is 18.8 Å². The quantitative estimate of drug-likeness (QED) is 0.648. The van der Waals surface area contributed by atoms with Crippen molar-refractivity contribution in [2.45, 2.75) is 19.8 Å². The summed E-state index contributed by atoms with van der Waals surface area (Å²) < 4.78 is 0. The number of hydrogen-bond acceptors (Lipinski definition) is 1. The van der Waals surface area contributed by atoms with Crippen molar-refractivity contribution in [3.8, 4) is 0 Å². The van der Waals surface area contributed by atoms with Gasteiger partial charge in [0.2, 0.25) is 5.91 Å². The van der Waals surface area contributed by atoms with E-state index in [9.17, 15) is 4.79 Å². The maximum absolute atomic E-state index is 10.9. The van der Waals surface area contributed by atoms with E-state index in [-0.39, 0.29) is 5.91 Å². The zero-order valence-corrected chi connectivity index (χ0v) is 8.43. The molecule has 3 heteroatoms. The fraction of sp³-hybridized carbons (Fsp3) is 0.875. The predicted octanol–water partition coefficient (Wildman–Crippen LogP) is 1.64. The van der Waals surface area contributed by atoms with Gasteiger partial charge < -0.3 is 4.90 Å². The fourth-order valence-electron chi connectivity index (χ4n) is 1.51. The standard InChI is InChI=1S/C8H14BrNO/c1-7(11)10-5-3-8(6-10)2-4-9/h8H,2-6H2,1H3. The summed E-state index contributed by atoms with van der Waals surface area (Å²) >= 11 is 3.41. The van der Waals surface area contributed by atoms with E-state index in [4.69, 9.17) is 0 Å². The molecule has 0 aromatic rings. The molecule has 1 atom stereocenters. The van der Waals surface area contributed by atoms with Crippen molar-refractivity contribution in [1.82, 2.24) is 4.90 Å². The Morgan fingerprint density at radius 1 is 1.73 bits per heavy atom. The van der Waals surface area contributed by atoms with Gasteiger partial charge in [0.1, 0.15) is 0 Å². The number of amides is 1. The highest BCUT2D eigenvalue weighted by molar-refractivity contribution is 9.09. The fourth-order valence-corrected chi connectivity index (χ4v) is 2.16. The summed E-state index contributed by atoms with van der Waals surface area (Å²) in [5.41, 5.74) is 0. The Bertz CT molecular complexity index is 149. The smallest absolute Gasteiger partial charge is 0.219 e. The van der Waals surface area contributed by atoms with Gasteiger partial charge in [0.25, 0.3) is 0 Å². The van der Waals surface area contributed by atoms with Gasteiger partial charge in [0.05, 0.1) is 0 Å². The minimum Gasteiger partial charge on any atom is -0.343 e. The highest BCUT2D eigenvalue weighted by atomic mass is 79.9. The van der Waals surface area contributed by atoms with Crippen LogP contribution in [-0.4, -0.2) is 29.2 Å². The monoisotopic (exact) mass is 219 g/mol. The zero-order valence-electron chi connectivity index (χ0n) is 6.85. The molecule has 1 heterocycles. The Kier molecular flexibility index (Phi) is 3.37. The average Bonchev–Trinajstić information content (AvgIpc) is 2.37. The Hall–Kier alpha value is -0.0500. The van der Waals surface area contributed by atoms with Gasteiger partial charge in [-0.1, -0.05) is 15.9 Å². The number of halogens is 1. The first-order valence-corrected chi connectivity index (χ1v) is 5.17. The summed E-state index contributed by atoms with van der Waals surface area (Å²) in [6.07, 6.45) is 2.38. The molecule has 0 aromatic carbocycles. The molecule has 1 aliphatic rings. The van der Waals surface area contributed by atoms with E-state index in [2.05, 4.69) is 15.9 Å². The first-order valence-electron chi connectivity index (χ1n) is 4.05. The predicted molar refractivity (Wildman–Crippen MR) is 48.8 cm³/mol. The van der Waals surface area contributed by atoms with Crippen LogP contribution in [0.15, 0.2) is 0 Å². The molecule has 1 saturated heterocycles. The van der Waals surface area contributed by atoms with Gasteiger partial charge in [-0.15, -0.1) is 0 Å². The number of alkyl halides is 1. The molecular weight excluding hydrogens is 206 g/mol. The summed E-state index contributed by atoms with van der Waals surface area (Å²) in [6, 6.07) is 0. The molecule has 1 rings (SSSR count). The Balaban J connectivity index is 2.29. The van der Waals surface area contributed by atoms with Crippen LogP contribution in [0, 0.1) is 5.92 Å². The molecule has 1 fully saturated rings. The van der Waals surface area contributed by atoms with Crippen LogP contribution in [0.4, 0.5) is 0 Å². The van der Waals surface area contributed by atoms with Crippen molar-refractivity contribution in [2.75, 3.05) is 18.4 Å². The van der Waals surface area contributed by atoms with Crippen molar-refractivity contribution < 1.29 is 4.79 Å². The van der Waals surface area contributed by atoms with Crippen LogP contribution >= 0.6 is 15.9 Å². The minimum atomic E-state index is 0.224. The van der Waals surface area contributed by atoms with Crippen molar-refractivity contribution in [3.05, 3.63) is 0 Å². The van der Waals surface area contributed by atoms with Crippen molar-refractivity contribution >= 4 is 21.8 Å². The minimum absolute atomic E-state index is 0.224. The molecule has 0 N–H and O–H groups in total. The lowest BCUT2D eigenvalue weighted by Gasteiger charge is -2.12. The van der Waals surface area contributed by atoms with E-state index in [0.29, 0.717) is 0 Å². The number of hydrogen-bond donors (Lipinski definition) is 0. The molecule has 2 nitrogen and oxygen atoms in total. The lowest BCUT2D eigenvalue weighted by atomic mass is 10.1. The Morgan fingerprint density at radius 2 is 2.45 bits per heavy atom. The maximum atomic E-state index is 10.9. The van der Waals surface area contributed by atoms with Crippen LogP contribution in [0.3, 0.4) is 0 Å². The van der Waals surface area contributed by atoms with Crippen LogP contribution in [0.1, 0.15) is 19.8 Å². The van der Waals surface area contributed by atoms with Crippen LogP contribution < -0.4 is 0 Å². The van der Waals surface area contributed by atoms with Gasteiger partial charge in [-0.2, -0.15) is 0 Å². The Labute approximate surface area is 76.1 Å². The summed E-state index contributed by atoms with van der Waals surface area (Å²) in [5.74, 6) is 0.959. The molecule has 0 saturated carbocycles. The molecule has 1 amide bonds. The van der Waals surface area contributed by atoms with Crippen LogP contribution in [0.2, 0.25) is 0 Å². The van der Waals surface area contributed by atoms with Gasteiger partial charge >= 0.3 is 0 Å². The van der Waals surface area contributed by atoms with Gasteiger partial charge in [-0.3, -0.25) is 4.79 Å². The molecular formula is C8H14BrNO. The lowest BCUT2D eigenvalue weighted by molar-refractivity contribution is -0.127. The van der Waals surface area contributed by atoms with E-state index < -0.39 is 0 Å². The van der Waals surface area contributed by atoms with E-state index in [1.165, 1.54) is 12.8 Å². The maximum Gasteiger partial charge on any atom is 0.219 e. The van der Waals surface area contributed by atoms with E-state index in [1.54, 1.807) is 6.92 Å². The first-order chi connectivity index (χ1) is 5.24. The summed E-state index contributed by atoms with van der Waals surface area (Å²) in [6.45, 7) is 3.59. The third kappa shape index (κ3) is 2.47. The van der Waals surface area contributed by atoms with E-state index in [1.807, 2.05) is 4.90 Å². The molecule has 64 valence electrons. The summed E-state index contributed by atoms with van der Waals surface area (Å²) in [7, 11) is 0. The van der Waals surface area contributed by atoms with Gasteiger partial charge in [-0.25, -0.2) is 0 Å². The molecule has 0 aliphatic carbocycles. The highest BCUT2D eigenvalue weighted by Crippen LogP contribution is 2.19. The number of carbonyl (C=O) groups is 1. The number of carbonyl (C=O) groups excluding carboxylic acids is 1. The van der Waals surface area contributed by atoms with E-state index in [0.717, 1.165) is 24.3 Å². The van der Waals surface area contributed by atoms with Gasteiger partial charge in [0, 0.05) is 25.3 Å². The van der Waals surface area contributed by atoms with Crippen LogP contribution in [0.25, 0.3) is 0 Å². The molecule has 0 radical (unpaired) electrons. The third-order valence-electron chi connectivity index (χ3n) is 2.25. The third-order valence-corrected chi connectivity index (χ3v) is 2.71. The molecule has 1 aliphatic heterocycles. The molecule has 0 spiro atoms. The van der Waals surface area contributed by atoms with Crippen LogP contribution in [0.5, 0.6) is 0 Å². The molecule has 0 bridgehead atoms.